The number of amides is 1. The van der Waals surface area contributed by atoms with Gasteiger partial charge >= 0.3 is 12.1 Å². The number of likely N-dealkylation sites (tertiary alicyclic amines) is 1. The number of rotatable bonds is 2. The zero-order valence-corrected chi connectivity index (χ0v) is 12.6. The molecular formula is C13H24N2O4. The number of nitrogens with zero attached hydrogens (tertiary/aromatic N) is 2. The van der Waals surface area contributed by atoms with Crippen molar-refractivity contribution in [1.82, 2.24) is 9.80 Å². The SMILES string of the molecule is COC(=O)[C@@H]1CC(N(C)C)CN1C(=O)OC(C)(C)C. The van der Waals surface area contributed by atoms with Gasteiger partial charge in [-0.2, -0.15) is 0 Å². The topological polar surface area (TPSA) is 59.1 Å². The second-order valence-corrected chi connectivity index (χ2v) is 6.02. The van der Waals surface area contributed by atoms with E-state index in [1.54, 1.807) is 20.8 Å². The number of esters is 1. The van der Waals surface area contributed by atoms with Crippen molar-refractivity contribution < 1.29 is 19.1 Å². The van der Waals surface area contributed by atoms with Gasteiger partial charge in [0.1, 0.15) is 11.6 Å². The van der Waals surface area contributed by atoms with E-state index in [9.17, 15) is 9.59 Å². The van der Waals surface area contributed by atoms with Crippen LogP contribution < -0.4 is 0 Å². The van der Waals surface area contributed by atoms with Gasteiger partial charge in [-0.3, -0.25) is 4.90 Å². The first-order valence-corrected chi connectivity index (χ1v) is 6.39. The third kappa shape index (κ3) is 4.09. The molecule has 6 heteroatoms. The van der Waals surface area contributed by atoms with Gasteiger partial charge in [0, 0.05) is 12.6 Å². The van der Waals surface area contributed by atoms with E-state index in [-0.39, 0.29) is 6.04 Å². The highest BCUT2D eigenvalue weighted by Crippen LogP contribution is 2.24. The summed E-state index contributed by atoms with van der Waals surface area (Å²) in [5.41, 5.74) is -0.575. The van der Waals surface area contributed by atoms with E-state index >= 15 is 0 Å². The van der Waals surface area contributed by atoms with E-state index in [1.165, 1.54) is 12.0 Å². The van der Waals surface area contributed by atoms with Gasteiger partial charge in [-0.15, -0.1) is 0 Å². The lowest BCUT2D eigenvalue weighted by Gasteiger charge is -2.27. The predicted molar refractivity (Wildman–Crippen MR) is 70.8 cm³/mol. The van der Waals surface area contributed by atoms with Gasteiger partial charge in [-0.05, 0) is 41.3 Å². The minimum Gasteiger partial charge on any atom is -0.467 e. The molecule has 0 aromatic carbocycles. The van der Waals surface area contributed by atoms with Crippen molar-refractivity contribution in [2.24, 2.45) is 0 Å². The Morgan fingerprint density at radius 3 is 2.26 bits per heavy atom. The lowest BCUT2D eigenvalue weighted by molar-refractivity contribution is -0.145. The summed E-state index contributed by atoms with van der Waals surface area (Å²) in [5, 5.41) is 0. The minimum absolute atomic E-state index is 0.136. The Bertz CT molecular complexity index is 349. The Morgan fingerprint density at radius 2 is 1.84 bits per heavy atom. The number of hydrogen-bond donors (Lipinski definition) is 0. The van der Waals surface area contributed by atoms with Gasteiger partial charge in [-0.1, -0.05) is 0 Å². The lowest BCUT2D eigenvalue weighted by atomic mass is 10.1. The van der Waals surface area contributed by atoms with Crippen LogP contribution in [0, 0.1) is 0 Å². The molecule has 1 rings (SSSR count). The van der Waals surface area contributed by atoms with Crippen molar-refractivity contribution in [1.29, 1.82) is 0 Å². The van der Waals surface area contributed by atoms with Crippen LogP contribution in [0.25, 0.3) is 0 Å². The fraction of sp³-hybridized carbons (Fsp3) is 0.846. The molecule has 0 spiro atoms. The molecule has 1 aliphatic heterocycles. The molecule has 0 aliphatic carbocycles. The molecule has 1 heterocycles. The zero-order valence-electron chi connectivity index (χ0n) is 12.6. The van der Waals surface area contributed by atoms with Crippen molar-refractivity contribution in [2.75, 3.05) is 27.7 Å². The van der Waals surface area contributed by atoms with E-state index in [0.717, 1.165) is 0 Å². The van der Waals surface area contributed by atoms with Gasteiger partial charge in [-0.25, -0.2) is 9.59 Å². The summed E-state index contributed by atoms with van der Waals surface area (Å²) in [5.74, 6) is -0.393. The van der Waals surface area contributed by atoms with E-state index in [2.05, 4.69) is 0 Å². The highest BCUT2D eigenvalue weighted by molar-refractivity contribution is 5.82. The second kappa shape index (κ2) is 5.77. The third-order valence-electron chi connectivity index (χ3n) is 3.11. The van der Waals surface area contributed by atoms with E-state index in [1.807, 2.05) is 19.0 Å². The maximum absolute atomic E-state index is 12.1. The van der Waals surface area contributed by atoms with Gasteiger partial charge in [0.15, 0.2) is 0 Å². The summed E-state index contributed by atoms with van der Waals surface area (Å²) in [4.78, 5) is 27.4. The van der Waals surface area contributed by atoms with Crippen molar-refractivity contribution >= 4 is 12.1 Å². The molecule has 110 valence electrons. The summed E-state index contributed by atoms with van der Waals surface area (Å²) in [7, 11) is 5.19. The quantitative estimate of drug-likeness (QED) is 0.704. The summed E-state index contributed by atoms with van der Waals surface area (Å²) < 4.78 is 10.1. The molecule has 0 bridgehead atoms. The summed E-state index contributed by atoms with van der Waals surface area (Å²) in [6.45, 7) is 5.88. The average Bonchev–Trinajstić information content (AvgIpc) is 2.70. The molecule has 2 atom stereocenters. The molecule has 1 saturated heterocycles. The molecule has 1 amide bonds. The average molecular weight is 272 g/mol. The smallest absolute Gasteiger partial charge is 0.411 e. The molecule has 19 heavy (non-hydrogen) atoms. The second-order valence-electron chi connectivity index (χ2n) is 6.02. The molecule has 6 nitrogen and oxygen atoms in total. The molecule has 0 N–H and O–H groups in total. The molecule has 1 aliphatic rings. The minimum atomic E-state index is -0.575. The van der Waals surface area contributed by atoms with Crippen LogP contribution in [0.3, 0.4) is 0 Å². The predicted octanol–water partition coefficient (Wildman–Crippen LogP) is 1.10. The van der Waals surface area contributed by atoms with Crippen molar-refractivity contribution in [3.63, 3.8) is 0 Å². The van der Waals surface area contributed by atoms with Gasteiger partial charge in [0.2, 0.25) is 0 Å². The number of hydrogen-bond acceptors (Lipinski definition) is 5. The number of carbonyl (C=O) groups is 2. The monoisotopic (exact) mass is 272 g/mol. The van der Waals surface area contributed by atoms with E-state index in [4.69, 9.17) is 9.47 Å². The Balaban J connectivity index is 2.83. The van der Waals surface area contributed by atoms with Crippen LogP contribution in [-0.2, 0) is 14.3 Å². The molecule has 1 unspecified atom stereocenters. The highest BCUT2D eigenvalue weighted by atomic mass is 16.6. The fourth-order valence-corrected chi connectivity index (χ4v) is 2.07. The van der Waals surface area contributed by atoms with Crippen LogP contribution in [0.1, 0.15) is 27.2 Å². The van der Waals surface area contributed by atoms with Gasteiger partial charge in [0.05, 0.1) is 7.11 Å². The van der Waals surface area contributed by atoms with Crippen LogP contribution in [0.5, 0.6) is 0 Å². The normalized spacial score (nSPS) is 23.6. The Morgan fingerprint density at radius 1 is 1.26 bits per heavy atom. The van der Waals surface area contributed by atoms with Crippen LogP contribution >= 0.6 is 0 Å². The first-order chi connectivity index (χ1) is 8.65. The van der Waals surface area contributed by atoms with Crippen molar-refractivity contribution in [3.05, 3.63) is 0 Å². The maximum Gasteiger partial charge on any atom is 0.411 e. The first-order valence-electron chi connectivity index (χ1n) is 6.39. The van der Waals surface area contributed by atoms with Crippen LogP contribution in [0.4, 0.5) is 4.79 Å². The Kier molecular flexibility index (Phi) is 4.79. The molecule has 1 fully saturated rings. The lowest BCUT2D eigenvalue weighted by Crippen LogP contribution is -2.44. The van der Waals surface area contributed by atoms with Crippen molar-refractivity contribution in [3.8, 4) is 0 Å². The van der Waals surface area contributed by atoms with E-state index in [0.29, 0.717) is 13.0 Å². The van der Waals surface area contributed by atoms with Gasteiger partial charge in [0.25, 0.3) is 0 Å². The van der Waals surface area contributed by atoms with Gasteiger partial charge < -0.3 is 14.4 Å². The van der Waals surface area contributed by atoms with Crippen LogP contribution in [0.15, 0.2) is 0 Å². The third-order valence-corrected chi connectivity index (χ3v) is 3.11. The van der Waals surface area contributed by atoms with Crippen molar-refractivity contribution in [2.45, 2.75) is 44.9 Å². The maximum atomic E-state index is 12.1. The first kappa shape index (κ1) is 15.8. The number of likely N-dealkylation sites (N-methyl/N-ethyl adjacent to an activating group) is 1. The fourth-order valence-electron chi connectivity index (χ4n) is 2.07. The van der Waals surface area contributed by atoms with Crippen LogP contribution in [0.2, 0.25) is 0 Å². The summed E-state index contributed by atoms with van der Waals surface area (Å²) in [6.07, 6.45) is 0.103. The molecule has 0 aromatic rings. The Hall–Kier alpha value is -1.30. The molecule has 0 aromatic heterocycles. The standard InChI is InChI=1S/C13H24N2O4/c1-13(2,3)19-12(17)15-8-9(14(4)5)7-10(15)11(16)18-6/h9-10H,7-8H2,1-6H3/t9?,10-/m0/s1. The molecule has 0 saturated carbocycles. The zero-order chi connectivity index (χ0) is 14.8. The van der Waals surface area contributed by atoms with E-state index < -0.39 is 23.7 Å². The molecule has 0 radical (unpaired) electrons. The largest absolute Gasteiger partial charge is 0.467 e. The number of ether oxygens (including phenoxy) is 2. The highest BCUT2D eigenvalue weighted by Gasteiger charge is 2.42. The Labute approximate surface area is 114 Å². The number of methoxy groups -OCH3 is 1. The molecular weight excluding hydrogens is 248 g/mol. The van der Waals surface area contributed by atoms with Crippen LogP contribution in [-0.4, -0.2) is 67.3 Å². The summed E-state index contributed by atoms with van der Waals surface area (Å²) >= 11 is 0. The number of carbonyl (C=O) groups excluding carboxylic acids is 2. The summed E-state index contributed by atoms with van der Waals surface area (Å²) in [6, 6.07) is -0.427.